The van der Waals surface area contributed by atoms with Crippen LogP contribution in [0.3, 0.4) is 0 Å². The molecule has 0 aromatic heterocycles. The third-order valence-electron chi connectivity index (χ3n) is 2.65. The zero-order valence-electron chi connectivity index (χ0n) is 10.5. The molecule has 3 heteroatoms. The SMILES string of the molecule is CC(Br)CN(C)C(=O)CCCc1ccccc1. The lowest BCUT2D eigenvalue weighted by Crippen LogP contribution is -2.31. The van der Waals surface area contributed by atoms with Crippen LogP contribution in [0, 0.1) is 0 Å². The van der Waals surface area contributed by atoms with Gasteiger partial charge in [0.15, 0.2) is 0 Å². The number of benzene rings is 1. The Hall–Kier alpha value is -0.830. The van der Waals surface area contributed by atoms with Crippen LogP contribution in [0.5, 0.6) is 0 Å². The summed E-state index contributed by atoms with van der Waals surface area (Å²) in [7, 11) is 1.86. The Labute approximate surface area is 112 Å². The normalized spacial score (nSPS) is 12.2. The Morgan fingerprint density at radius 3 is 2.59 bits per heavy atom. The number of nitrogens with zero attached hydrogens (tertiary/aromatic N) is 1. The summed E-state index contributed by atoms with van der Waals surface area (Å²) in [5.74, 6) is 0.229. The van der Waals surface area contributed by atoms with Gasteiger partial charge in [0.25, 0.3) is 0 Å². The average molecular weight is 298 g/mol. The Kier molecular flexibility index (Phi) is 6.27. The molecular weight excluding hydrogens is 278 g/mol. The van der Waals surface area contributed by atoms with Crippen LogP contribution in [0.1, 0.15) is 25.3 Å². The second kappa shape index (κ2) is 7.49. The largest absolute Gasteiger partial charge is 0.345 e. The van der Waals surface area contributed by atoms with Gasteiger partial charge >= 0.3 is 0 Å². The van der Waals surface area contributed by atoms with Crippen LogP contribution in [0.2, 0.25) is 0 Å². The number of aryl methyl sites for hydroxylation is 1. The molecule has 0 aliphatic rings. The highest BCUT2D eigenvalue weighted by Gasteiger charge is 2.10. The van der Waals surface area contributed by atoms with E-state index in [1.54, 1.807) is 4.90 Å². The molecule has 0 fully saturated rings. The Balaban J connectivity index is 2.24. The smallest absolute Gasteiger partial charge is 0.222 e. The number of halogens is 1. The number of alkyl halides is 1. The summed E-state index contributed by atoms with van der Waals surface area (Å²) in [4.78, 5) is 13.9. The summed E-state index contributed by atoms with van der Waals surface area (Å²) in [5.41, 5.74) is 1.30. The molecular formula is C14H20BrNO. The van der Waals surface area contributed by atoms with E-state index in [9.17, 15) is 4.79 Å². The predicted octanol–water partition coefficient (Wildman–Crippen LogP) is 3.25. The quantitative estimate of drug-likeness (QED) is 0.738. The fourth-order valence-corrected chi connectivity index (χ4v) is 2.19. The van der Waals surface area contributed by atoms with E-state index < -0.39 is 0 Å². The number of hydrogen-bond acceptors (Lipinski definition) is 1. The van der Waals surface area contributed by atoms with Gasteiger partial charge in [-0.25, -0.2) is 0 Å². The van der Waals surface area contributed by atoms with E-state index in [0.29, 0.717) is 11.2 Å². The minimum atomic E-state index is 0.229. The third-order valence-corrected chi connectivity index (χ3v) is 2.94. The van der Waals surface area contributed by atoms with Crippen molar-refractivity contribution in [3.05, 3.63) is 35.9 Å². The first-order valence-corrected chi connectivity index (χ1v) is 6.93. The second-order valence-electron chi connectivity index (χ2n) is 4.39. The molecule has 0 saturated heterocycles. The van der Waals surface area contributed by atoms with Crippen molar-refractivity contribution in [3.63, 3.8) is 0 Å². The van der Waals surface area contributed by atoms with E-state index in [-0.39, 0.29) is 5.91 Å². The van der Waals surface area contributed by atoms with Crippen LogP contribution in [-0.2, 0) is 11.2 Å². The maximum absolute atomic E-state index is 11.8. The fourth-order valence-electron chi connectivity index (χ4n) is 1.76. The van der Waals surface area contributed by atoms with Gasteiger partial charge in [0, 0.05) is 24.8 Å². The van der Waals surface area contributed by atoms with Gasteiger partial charge in [0.1, 0.15) is 0 Å². The van der Waals surface area contributed by atoms with Gasteiger partial charge in [-0.15, -0.1) is 0 Å². The van der Waals surface area contributed by atoms with Crippen molar-refractivity contribution in [1.29, 1.82) is 0 Å². The number of carbonyl (C=O) groups excluding carboxylic acids is 1. The lowest BCUT2D eigenvalue weighted by Gasteiger charge is -2.18. The van der Waals surface area contributed by atoms with E-state index >= 15 is 0 Å². The summed E-state index contributed by atoms with van der Waals surface area (Å²) < 4.78 is 0. The van der Waals surface area contributed by atoms with E-state index in [1.807, 2.05) is 32.2 Å². The van der Waals surface area contributed by atoms with Gasteiger partial charge < -0.3 is 4.90 Å². The molecule has 1 unspecified atom stereocenters. The van der Waals surface area contributed by atoms with Gasteiger partial charge in [-0.3, -0.25) is 4.79 Å². The molecule has 1 amide bonds. The van der Waals surface area contributed by atoms with Crippen molar-refractivity contribution >= 4 is 21.8 Å². The molecule has 0 aliphatic heterocycles. The van der Waals surface area contributed by atoms with Crippen molar-refractivity contribution in [1.82, 2.24) is 4.90 Å². The van der Waals surface area contributed by atoms with E-state index in [4.69, 9.17) is 0 Å². The van der Waals surface area contributed by atoms with E-state index in [2.05, 4.69) is 28.1 Å². The Bertz CT molecular complexity index is 337. The number of rotatable bonds is 6. The van der Waals surface area contributed by atoms with Crippen molar-refractivity contribution in [2.75, 3.05) is 13.6 Å². The number of hydrogen-bond donors (Lipinski definition) is 0. The maximum Gasteiger partial charge on any atom is 0.222 e. The van der Waals surface area contributed by atoms with Crippen molar-refractivity contribution in [2.45, 2.75) is 31.0 Å². The van der Waals surface area contributed by atoms with Crippen LogP contribution >= 0.6 is 15.9 Å². The molecule has 1 atom stereocenters. The highest BCUT2D eigenvalue weighted by Crippen LogP contribution is 2.07. The van der Waals surface area contributed by atoms with Crippen LogP contribution in [0.15, 0.2) is 30.3 Å². The van der Waals surface area contributed by atoms with Gasteiger partial charge in [0.2, 0.25) is 5.91 Å². The fraction of sp³-hybridized carbons (Fsp3) is 0.500. The molecule has 94 valence electrons. The molecule has 0 radical (unpaired) electrons. The maximum atomic E-state index is 11.8. The molecule has 17 heavy (non-hydrogen) atoms. The third kappa shape index (κ3) is 5.87. The van der Waals surface area contributed by atoms with Crippen LogP contribution < -0.4 is 0 Å². The summed E-state index contributed by atoms with van der Waals surface area (Å²) >= 11 is 3.45. The Morgan fingerprint density at radius 1 is 1.35 bits per heavy atom. The molecule has 0 saturated carbocycles. The summed E-state index contributed by atoms with van der Waals surface area (Å²) in [6.45, 7) is 2.82. The first-order chi connectivity index (χ1) is 8.09. The zero-order chi connectivity index (χ0) is 12.7. The molecule has 2 nitrogen and oxygen atoms in total. The van der Waals surface area contributed by atoms with Crippen LogP contribution in [0.4, 0.5) is 0 Å². The minimum Gasteiger partial charge on any atom is -0.345 e. The van der Waals surface area contributed by atoms with Crippen molar-refractivity contribution < 1.29 is 4.79 Å². The average Bonchev–Trinajstić information content (AvgIpc) is 2.29. The number of amides is 1. The number of carbonyl (C=O) groups is 1. The molecule has 1 aromatic rings. The first-order valence-electron chi connectivity index (χ1n) is 6.01. The standard InChI is InChI=1S/C14H20BrNO/c1-12(15)11-16(2)14(17)10-6-9-13-7-4-3-5-8-13/h3-5,7-8,12H,6,9-11H2,1-2H3. The van der Waals surface area contributed by atoms with Gasteiger partial charge in [-0.05, 0) is 18.4 Å². The highest BCUT2D eigenvalue weighted by atomic mass is 79.9. The summed E-state index contributed by atoms with van der Waals surface area (Å²) in [6, 6.07) is 10.3. The van der Waals surface area contributed by atoms with Gasteiger partial charge in [-0.1, -0.05) is 53.2 Å². The molecule has 0 heterocycles. The van der Waals surface area contributed by atoms with Crippen LogP contribution in [-0.4, -0.2) is 29.2 Å². The monoisotopic (exact) mass is 297 g/mol. The molecule has 0 N–H and O–H groups in total. The zero-order valence-corrected chi connectivity index (χ0v) is 12.1. The lowest BCUT2D eigenvalue weighted by atomic mass is 10.1. The van der Waals surface area contributed by atoms with E-state index in [1.165, 1.54) is 5.56 Å². The summed E-state index contributed by atoms with van der Waals surface area (Å²) in [6.07, 6.45) is 2.53. The molecule has 0 aliphatic carbocycles. The molecule has 0 spiro atoms. The Morgan fingerprint density at radius 2 is 2.00 bits per heavy atom. The predicted molar refractivity (Wildman–Crippen MR) is 75.4 cm³/mol. The highest BCUT2D eigenvalue weighted by molar-refractivity contribution is 9.09. The van der Waals surface area contributed by atoms with Crippen molar-refractivity contribution in [3.8, 4) is 0 Å². The first kappa shape index (κ1) is 14.2. The summed E-state index contributed by atoms with van der Waals surface area (Å²) in [5, 5.41) is 0. The molecule has 1 rings (SSSR count). The minimum absolute atomic E-state index is 0.229. The van der Waals surface area contributed by atoms with Crippen molar-refractivity contribution in [2.24, 2.45) is 0 Å². The molecule has 0 bridgehead atoms. The second-order valence-corrected chi connectivity index (χ2v) is 5.96. The topological polar surface area (TPSA) is 20.3 Å². The van der Waals surface area contributed by atoms with Gasteiger partial charge in [-0.2, -0.15) is 0 Å². The lowest BCUT2D eigenvalue weighted by molar-refractivity contribution is -0.129. The van der Waals surface area contributed by atoms with Gasteiger partial charge in [0.05, 0.1) is 0 Å². The van der Waals surface area contributed by atoms with E-state index in [0.717, 1.165) is 19.4 Å². The van der Waals surface area contributed by atoms with Crippen LogP contribution in [0.25, 0.3) is 0 Å². The molecule has 1 aromatic carbocycles.